The number of nitrogens with zero attached hydrogens (tertiary/aromatic N) is 1. The van der Waals surface area contributed by atoms with Gasteiger partial charge in [0.1, 0.15) is 6.04 Å². The van der Waals surface area contributed by atoms with E-state index in [1.807, 2.05) is 62.4 Å². The highest BCUT2D eigenvalue weighted by Crippen LogP contribution is 2.20. The molecule has 2 aromatic rings. The lowest BCUT2D eigenvalue weighted by atomic mass is 10.1. The molecule has 1 unspecified atom stereocenters. The first-order valence-electron chi connectivity index (χ1n) is 8.79. The molecule has 0 fully saturated rings. The molecule has 0 heterocycles. The molecule has 0 saturated carbocycles. The van der Waals surface area contributed by atoms with Gasteiger partial charge in [-0.15, -0.1) is 11.8 Å². The summed E-state index contributed by atoms with van der Waals surface area (Å²) in [5.74, 6) is 0.151. The molecule has 0 spiro atoms. The lowest BCUT2D eigenvalue weighted by Crippen LogP contribution is -2.48. The molecule has 0 aromatic heterocycles. The van der Waals surface area contributed by atoms with Crippen LogP contribution in [0.1, 0.15) is 24.5 Å². The fraction of sp³-hybridized carbons (Fsp3) is 0.333. The van der Waals surface area contributed by atoms with Gasteiger partial charge in [-0.25, -0.2) is 0 Å². The zero-order valence-electron chi connectivity index (χ0n) is 15.6. The second kappa shape index (κ2) is 10.0. The highest BCUT2D eigenvalue weighted by molar-refractivity contribution is 8.00. The normalized spacial score (nSPS) is 11.7. The minimum atomic E-state index is -0.468. The summed E-state index contributed by atoms with van der Waals surface area (Å²) in [7, 11) is 1.61. The van der Waals surface area contributed by atoms with E-state index in [2.05, 4.69) is 11.4 Å². The van der Waals surface area contributed by atoms with Gasteiger partial charge in [0, 0.05) is 18.5 Å². The number of rotatable bonds is 8. The molecular formula is C21H26N2O2S. The second-order valence-electron chi connectivity index (χ2n) is 6.15. The first-order chi connectivity index (χ1) is 12.5. The maximum Gasteiger partial charge on any atom is 0.242 e. The van der Waals surface area contributed by atoms with Crippen LogP contribution in [0.4, 0.5) is 0 Å². The molecule has 0 aliphatic heterocycles. The van der Waals surface area contributed by atoms with Crippen LogP contribution in [0.5, 0.6) is 0 Å². The average molecular weight is 371 g/mol. The molecule has 0 bridgehead atoms. The van der Waals surface area contributed by atoms with Crippen LogP contribution >= 0.6 is 11.8 Å². The fourth-order valence-electron chi connectivity index (χ4n) is 2.84. The van der Waals surface area contributed by atoms with E-state index < -0.39 is 6.04 Å². The van der Waals surface area contributed by atoms with Gasteiger partial charge in [0.15, 0.2) is 0 Å². The molecule has 0 aliphatic rings. The van der Waals surface area contributed by atoms with Gasteiger partial charge in [-0.3, -0.25) is 9.59 Å². The van der Waals surface area contributed by atoms with Crippen LogP contribution in [-0.2, 0) is 16.1 Å². The van der Waals surface area contributed by atoms with E-state index in [1.165, 1.54) is 11.8 Å². The van der Waals surface area contributed by atoms with Gasteiger partial charge < -0.3 is 10.2 Å². The number of aryl methyl sites for hydroxylation is 1. The summed E-state index contributed by atoms with van der Waals surface area (Å²) in [6.45, 7) is 4.39. The van der Waals surface area contributed by atoms with Gasteiger partial charge in [0.2, 0.25) is 11.8 Å². The molecule has 0 saturated heterocycles. The van der Waals surface area contributed by atoms with Crippen LogP contribution in [0.25, 0.3) is 0 Å². The van der Waals surface area contributed by atoms with E-state index in [0.29, 0.717) is 18.7 Å². The number of benzene rings is 2. The van der Waals surface area contributed by atoms with Gasteiger partial charge in [-0.2, -0.15) is 0 Å². The number of likely N-dealkylation sites (N-methyl/N-ethyl adjacent to an activating group) is 1. The van der Waals surface area contributed by atoms with Crippen LogP contribution < -0.4 is 5.32 Å². The fourth-order valence-corrected chi connectivity index (χ4v) is 3.64. The van der Waals surface area contributed by atoms with E-state index in [9.17, 15) is 9.59 Å². The molecule has 2 amide bonds. The van der Waals surface area contributed by atoms with Crippen LogP contribution in [0.3, 0.4) is 0 Å². The predicted molar refractivity (Wildman–Crippen MR) is 107 cm³/mol. The zero-order valence-corrected chi connectivity index (χ0v) is 16.4. The van der Waals surface area contributed by atoms with Gasteiger partial charge in [0.05, 0.1) is 5.75 Å². The van der Waals surface area contributed by atoms with Crippen molar-refractivity contribution < 1.29 is 9.59 Å². The summed E-state index contributed by atoms with van der Waals surface area (Å²) in [6.07, 6.45) is 0.577. The number of carbonyl (C=O) groups excluding carboxylic acids is 2. The molecular weight excluding hydrogens is 344 g/mol. The lowest BCUT2D eigenvalue weighted by molar-refractivity contribution is -0.139. The smallest absolute Gasteiger partial charge is 0.242 e. The maximum atomic E-state index is 13.0. The average Bonchev–Trinajstić information content (AvgIpc) is 2.66. The summed E-state index contributed by atoms with van der Waals surface area (Å²) in [4.78, 5) is 28.0. The Bertz CT molecular complexity index is 734. The van der Waals surface area contributed by atoms with Crippen molar-refractivity contribution in [3.05, 3.63) is 65.7 Å². The zero-order chi connectivity index (χ0) is 18.9. The van der Waals surface area contributed by atoms with E-state index >= 15 is 0 Å². The van der Waals surface area contributed by atoms with Gasteiger partial charge in [0.25, 0.3) is 0 Å². The topological polar surface area (TPSA) is 49.4 Å². The molecule has 4 nitrogen and oxygen atoms in total. The standard InChI is InChI=1S/C21H26N2O2S/c1-4-19(21(25)22-3)23(14-17-10-8-9-16(2)13-17)20(24)15-26-18-11-6-5-7-12-18/h5-13,19H,4,14-15H2,1-3H3,(H,22,25). The van der Waals surface area contributed by atoms with E-state index in [-0.39, 0.29) is 11.8 Å². The number of hydrogen-bond acceptors (Lipinski definition) is 3. The molecule has 1 atom stereocenters. The molecule has 138 valence electrons. The highest BCUT2D eigenvalue weighted by Gasteiger charge is 2.27. The lowest BCUT2D eigenvalue weighted by Gasteiger charge is -2.30. The Morgan fingerprint density at radius 1 is 1.12 bits per heavy atom. The van der Waals surface area contributed by atoms with Gasteiger partial charge >= 0.3 is 0 Å². The minimum absolute atomic E-state index is 0.0317. The van der Waals surface area contributed by atoms with E-state index in [4.69, 9.17) is 0 Å². The summed E-state index contributed by atoms with van der Waals surface area (Å²) < 4.78 is 0. The first-order valence-corrected chi connectivity index (χ1v) is 9.78. The van der Waals surface area contributed by atoms with Crippen molar-refractivity contribution in [3.63, 3.8) is 0 Å². The number of carbonyl (C=O) groups is 2. The number of thioether (sulfide) groups is 1. The van der Waals surface area contributed by atoms with Crippen LogP contribution in [-0.4, -0.2) is 35.6 Å². The third-order valence-electron chi connectivity index (χ3n) is 4.17. The second-order valence-corrected chi connectivity index (χ2v) is 7.20. The molecule has 2 rings (SSSR count). The largest absolute Gasteiger partial charge is 0.357 e. The van der Waals surface area contributed by atoms with Crippen molar-refractivity contribution in [1.29, 1.82) is 0 Å². The number of nitrogens with one attached hydrogen (secondary N) is 1. The Balaban J connectivity index is 2.17. The molecule has 5 heteroatoms. The highest BCUT2D eigenvalue weighted by atomic mass is 32.2. The molecule has 26 heavy (non-hydrogen) atoms. The third-order valence-corrected chi connectivity index (χ3v) is 5.17. The Morgan fingerprint density at radius 2 is 1.85 bits per heavy atom. The van der Waals surface area contributed by atoms with Crippen molar-refractivity contribution in [2.45, 2.75) is 37.8 Å². The summed E-state index contributed by atoms with van der Waals surface area (Å²) >= 11 is 1.49. The Morgan fingerprint density at radius 3 is 2.46 bits per heavy atom. The minimum Gasteiger partial charge on any atom is -0.357 e. The number of amides is 2. The third kappa shape index (κ3) is 5.63. The molecule has 0 aliphatic carbocycles. The molecule has 0 radical (unpaired) electrons. The Hall–Kier alpha value is -2.27. The molecule has 2 aromatic carbocycles. The van der Waals surface area contributed by atoms with Crippen LogP contribution in [0.2, 0.25) is 0 Å². The quantitative estimate of drug-likeness (QED) is 0.722. The summed E-state index contributed by atoms with van der Waals surface area (Å²) in [6, 6.07) is 17.4. The van der Waals surface area contributed by atoms with Crippen molar-refractivity contribution in [1.82, 2.24) is 10.2 Å². The van der Waals surface area contributed by atoms with Crippen molar-refractivity contribution in [3.8, 4) is 0 Å². The van der Waals surface area contributed by atoms with E-state index in [1.54, 1.807) is 11.9 Å². The SMILES string of the molecule is CCC(C(=O)NC)N(Cc1cccc(C)c1)C(=O)CSc1ccccc1. The Labute approximate surface area is 160 Å². The van der Waals surface area contributed by atoms with E-state index in [0.717, 1.165) is 16.0 Å². The maximum absolute atomic E-state index is 13.0. The van der Waals surface area contributed by atoms with Crippen molar-refractivity contribution >= 4 is 23.6 Å². The monoisotopic (exact) mass is 370 g/mol. The van der Waals surface area contributed by atoms with Crippen LogP contribution in [0.15, 0.2) is 59.5 Å². The molecule has 1 N–H and O–H groups in total. The number of hydrogen-bond donors (Lipinski definition) is 1. The van der Waals surface area contributed by atoms with Gasteiger partial charge in [-0.1, -0.05) is 55.0 Å². The van der Waals surface area contributed by atoms with Crippen LogP contribution in [0, 0.1) is 6.92 Å². The van der Waals surface area contributed by atoms with Gasteiger partial charge in [-0.05, 0) is 31.0 Å². The predicted octanol–water partition coefficient (Wildman–Crippen LogP) is 3.64. The summed E-state index contributed by atoms with van der Waals surface area (Å²) in [5, 5.41) is 2.68. The van der Waals surface area contributed by atoms with Crippen molar-refractivity contribution in [2.24, 2.45) is 0 Å². The Kier molecular flexibility index (Phi) is 7.73. The summed E-state index contributed by atoms with van der Waals surface area (Å²) in [5.41, 5.74) is 2.17. The van der Waals surface area contributed by atoms with Crippen molar-refractivity contribution in [2.75, 3.05) is 12.8 Å². The first kappa shape index (κ1) is 20.0.